The number of carbonyl (C=O) groups is 3. The van der Waals surface area contributed by atoms with Gasteiger partial charge >= 0.3 is 5.97 Å². The molecule has 0 fully saturated rings. The molecule has 212 valence electrons. The second-order valence-corrected chi connectivity index (χ2v) is 10.3. The van der Waals surface area contributed by atoms with E-state index in [1.54, 1.807) is 35.2 Å². The molecular formula is C30H36N4O6. The standard InChI is InChI=1S/C30H36N4O6/c1-5-39-26-15-20-17-34(28(32)21(20)16-22(26)29(38)33-4)18-24(35)19-9-10-25(40-13-7-6-8-27(36)37)23(14-19)30(2,3)11-12-31/h9-10,14-16,32H,5-8,11,13,17-18H2,1-4H3,(H,33,38)(H,36,37). The van der Waals surface area contributed by atoms with Gasteiger partial charge in [-0.3, -0.25) is 19.8 Å². The van der Waals surface area contributed by atoms with Crippen LogP contribution in [0.4, 0.5) is 0 Å². The number of amides is 1. The Morgan fingerprint density at radius 1 is 1.15 bits per heavy atom. The molecule has 0 spiro atoms. The Labute approximate surface area is 234 Å². The van der Waals surface area contributed by atoms with Crippen LogP contribution in [-0.4, -0.2) is 60.3 Å². The smallest absolute Gasteiger partial charge is 0.303 e. The van der Waals surface area contributed by atoms with E-state index in [2.05, 4.69) is 11.4 Å². The zero-order chi connectivity index (χ0) is 29.4. The molecular weight excluding hydrogens is 512 g/mol. The lowest BCUT2D eigenvalue weighted by molar-refractivity contribution is -0.137. The predicted molar refractivity (Wildman–Crippen MR) is 149 cm³/mol. The van der Waals surface area contributed by atoms with E-state index in [-0.39, 0.29) is 36.9 Å². The lowest BCUT2D eigenvalue weighted by Crippen LogP contribution is -2.30. The molecule has 40 heavy (non-hydrogen) atoms. The van der Waals surface area contributed by atoms with Crippen LogP contribution in [0.5, 0.6) is 11.5 Å². The maximum Gasteiger partial charge on any atom is 0.303 e. The van der Waals surface area contributed by atoms with Crippen LogP contribution < -0.4 is 14.8 Å². The number of carboxylic acids is 1. The number of benzene rings is 2. The van der Waals surface area contributed by atoms with Crippen LogP contribution in [-0.2, 0) is 16.8 Å². The quantitative estimate of drug-likeness (QED) is 0.233. The molecule has 3 rings (SSSR count). The van der Waals surface area contributed by atoms with Crippen LogP contribution in [0.2, 0.25) is 0 Å². The fraction of sp³-hybridized carbons (Fsp3) is 0.433. The Kier molecular flexibility index (Phi) is 9.88. The molecule has 10 heteroatoms. The molecule has 2 aromatic rings. The number of hydrogen-bond donors (Lipinski definition) is 3. The molecule has 1 amide bonds. The normalized spacial score (nSPS) is 12.5. The van der Waals surface area contributed by atoms with Gasteiger partial charge in [0, 0.05) is 48.5 Å². The minimum absolute atomic E-state index is 0.0414. The first kappa shape index (κ1) is 30.2. The molecule has 0 unspecified atom stereocenters. The SMILES string of the molecule is CCOc1cc2c(cc1C(=O)NC)C(=N)N(CC(=O)c1ccc(OCCCCC(=O)O)c(C(C)(C)CC#N)c1)C2. The first-order valence-corrected chi connectivity index (χ1v) is 13.3. The Morgan fingerprint density at radius 3 is 2.55 bits per heavy atom. The minimum atomic E-state index is -0.852. The summed E-state index contributed by atoms with van der Waals surface area (Å²) in [4.78, 5) is 38.2. The summed E-state index contributed by atoms with van der Waals surface area (Å²) in [5.41, 5.74) is 2.28. The number of rotatable bonds is 14. The summed E-state index contributed by atoms with van der Waals surface area (Å²) in [5, 5.41) is 29.5. The lowest BCUT2D eigenvalue weighted by atomic mass is 9.80. The fourth-order valence-corrected chi connectivity index (χ4v) is 4.63. The molecule has 1 heterocycles. The van der Waals surface area contributed by atoms with Gasteiger partial charge in [0.05, 0.1) is 31.4 Å². The largest absolute Gasteiger partial charge is 0.493 e. The van der Waals surface area contributed by atoms with Crippen LogP contribution in [0.1, 0.15) is 83.9 Å². The molecule has 0 aliphatic carbocycles. The third-order valence-electron chi connectivity index (χ3n) is 6.84. The van der Waals surface area contributed by atoms with Crippen LogP contribution >= 0.6 is 0 Å². The van der Waals surface area contributed by atoms with Crippen molar-refractivity contribution in [1.29, 1.82) is 10.7 Å². The Bertz CT molecular complexity index is 1340. The number of fused-ring (bicyclic) bond motifs is 1. The predicted octanol–water partition coefficient (Wildman–Crippen LogP) is 4.29. The van der Waals surface area contributed by atoms with Crippen molar-refractivity contribution >= 4 is 23.5 Å². The van der Waals surface area contributed by atoms with Gasteiger partial charge in [-0.2, -0.15) is 5.26 Å². The van der Waals surface area contributed by atoms with Crippen molar-refractivity contribution in [2.24, 2.45) is 0 Å². The number of nitrogens with zero attached hydrogens (tertiary/aromatic N) is 2. The van der Waals surface area contributed by atoms with Crippen molar-refractivity contribution in [2.45, 2.75) is 58.4 Å². The molecule has 0 atom stereocenters. The maximum absolute atomic E-state index is 13.4. The number of ether oxygens (including phenoxy) is 2. The summed E-state index contributed by atoms with van der Waals surface area (Å²) in [7, 11) is 1.53. The average molecular weight is 549 g/mol. The molecule has 3 N–H and O–H groups in total. The Morgan fingerprint density at radius 2 is 1.90 bits per heavy atom. The number of ketones is 1. The van der Waals surface area contributed by atoms with Crippen LogP contribution in [0, 0.1) is 16.7 Å². The van der Waals surface area contributed by atoms with Gasteiger partial charge in [-0.1, -0.05) is 13.8 Å². The molecule has 0 saturated heterocycles. The highest BCUT2D eigenvalue weighted by Gasteiger charge is 2.30. The molecule has 1 aliphatic heterocycles. The van der Waals surface area contributed by atoms with E-state index < -0.39 is 11.4 Å². The topological polar surface area (TPSA) is 153 Å². The van der Waals surface area contributed by atoms with Gasteiger partial charge < -0.3 is 24.8 Å². The highest BCUT2D eigenvalue weighted by atomic mass is 16.5. The molecule has 0 bridgehead atoms. The number of carbonyl (C=O) groups excluding carboxylic acids is 2. The fourth-order valence-electron chi connectivity index (χ4n) is 4.63. The Hall–Kier alpha value is -4.39. The summed E-state index contributed by atoms with van der Waals surface area (Å²) in [5.74, 6) is -0.220. The second kappa shape index (κ2) is 13.1. The number of hydrogen-bond acceptors (Lipinski definition) is 7. The van der Waals surface area contributed by atoms with Crippen molar-refractivity contribution < 1.29 is 29.0 Å². The summed E-state index contributed by atoms with van der Waals surface area (Å²) in [6, 6.07) is 10.7. The van der Waals surface area contributed by atoms with Gasteiger partial charge in [-0.15, -0.1) is 0 Å². The number of nitrogens with one attached hydrogen (secondary N) is 2. The third-order valence-corrected chi connectivity index (χ3v) is 6.84. The first-order valence-electron chi connectivity index (χ1n) is 13.3. The van der Waals surface area contributed by atoms with Gasteiger partial charge in [0.1, 0.15) is 17.3 Å². The summed E-state index contributed by atoms with van der Waals surface area (Å²) >= 11 is 0. The van der Waals surface area contributed by atoms with Crippen LogP contribution in [0.25, 0.3) is 0 Å². The van der Waals surface area contributed by atoms with E-state index in [0.717, 1.165) is 11.1 Å². The summed E-state index contributed by atoms with van der Waals surface area (Å²) < 4.78 is 11.6. The molecule has 0 aromatic heterocycles. The van der Waals surface area contributed by atoms with E-state index in [1.807, 2.05) is 20.8 Å². The molecule has 1 aliphatic rings. The zero-order valence-electron chi connectivity index (χ0n) is 23.4. The highest BCUT2D eigenvalue weighted by molar-refractivity contribution is 6.07. The molecule has 0 saturated carbocycles. The van der Waals surface area contributed by atoms with Gasteiger partial charge in [0.15, 0.2) is 5.78 Å². The van der Waals surface area contributed by atoms with Crippen molar-refractivity contribution in [3.63, 3.8) is 0 Å². The molecule has 0 radical (unpaired) electrons. The number of unbranched alkanes of at least 4 members (excludes halogenated alkanes) is 1. The number of carboxylic acid groups (broad SMARTS) is 1. The third kappa shape index (κ3) is 6.97. The molecule has 10 nitrogen and oxygen atoms in total. The monoisotopic (exact) mass is 548 g/mol. The van der Waals surface area contributed by atoms with Crippen LogP contribution in [0.3, 0.4) is 0 Å². The van der Waals surface area contributed by atoms with Crippen molar-refractivity contribution in [1.82, 2.24) is 10.2 Å². The highest BCUT2D eigenvalue weighted by Crippen LogP contribution is 2.36. The van der Waals surface area contributed by atoms with E-state index in [4.69, 9.17) is 20.0 Å². The Balaban J connectivity index is 1.81. The average Bonchev–Trinajstić information content (AvgIpc) is 3.21. The van der Waals surface area contributed by atoms with Gasteiger partial charge in [0.25, 0.3) is 5.91 Å². The van der Waals surface area contributed by atoms with Crippen molar-refractivity contribution in [3.8, 4) is 17.6 Å². The number of Topliss-reactive ketones (excluding diaryl/α,β-unsaturated/α-hetero) is 1. The van der Waals surface area contributed by atoms with E-state index >= 15 is 0 Å². The van der Waals surface area contributed by atoms with Crippen LogP contribution in [0.15, 0.2) is 30.3 Å². The maximum atomic E-state index is 13.4. The first-order chi connectivity index (χ1) is 19.0. The number of aliphatic carboxylic acids is 1. The number of nitriles is 1. The van der Waals surface area contributed by atoms with E-state index in [0.29, 0.717) is 60.8 Å². The van der Waals surface area contributed by atoms with Gasteiger partial charge in [0.2, 0.25) is 0 Å². The van der Waals surface area contributed by atoms with E-state index in [9.17, 15) is 19.6 Å². The summed E-state index contributed by atoms with van der Waals surface area (Å²) in [6.07, 6.45) is 1.33. The van der Waals surface area contributed by atoms with Gasteiger partial charge in [-0.05, 0) is 55.7 Å². The summed E-state index contributed by atoms with van der Waals surface area (Å²) in [6.45, 7) is 6.64. The number of amidine groups is 1. The zero-order valence-corrected chi connectivity index (χ0v) is 23.4. The lowest BCUT2D eigenvalue weighted by Gasteiger charge is -2.26. The van der Waals surface area contributed by atoms with E-state index in [1.165, 1.54) is 7.05 Å². The van der Waals surface area contributed by atoms with Crippen molar-refractivity contribution in [2.75, 3.05) is 26.8 Å². The van der Waals surface area contributed by atoms with Gasteiger partial charge in [-0.25, -0.2) is 0 Å². The second-order valence-electron chi connectivity index (χ2n) is 10.3. The van der Waals surface area contributed by atoms with Crippen molar-refractivity contribution in [3.05, 3.63) is 58.1 Å². The molecule has 2 aromatic carbocycles. The minimum Gasteiger partial charge on any atom is -0.493 e.